The van der Waals surface area contributed by atoms with Crippen LogP contribution >= 0.6 is 0 Å². The lowest BCUT2D eigenvalue weighted by atomic mass is 9.94. The molecule has 1 saturated carbocycles. The quantitative estimate of drug-likeness (QED) is 0.321. The van der Waals surface area contributed by atoms with Crippen LogP contribution in [0.5, 0.6) is 5.75 Å². The smallest absolute Gasteiger partial charge is 0.309 e. The molecule has 0 amide bonds. The Morgan fingerprint density at radius 1 is 0.976 bits per heavy atom. The average Bonchev–Trinajstić information content (AvgIpc) is 3.81. The Labute approximate surface area is 248 Å². The summed E-state index contributed by atoms with van der Waals surface area (Å²) in [5, 5.41) is 14.4. The molecule has 2 fully saturated rings. The molecule has 0 spiro atoms. The fourth-order valence-corrected chi connectivity index (χ4v) is 7.79. The summed E-state index contributed by atoms with van der Waals surface area (Å²) in [6.45, 7) is 3.07. The van der Waals surface area contributed by atoms with Gasteiger partial charge in [0.25, 0.3) is 0 Å². The first-order valence-corrected chi connectivity index (χ1v) is 16.9. The zero-order valence-electron chi connectivity index (χ0n) is 24.1. The lowest BCUT2D eigenvalue weighted by molar-refractivity contribution is -0.144. The number of nitrogens with one attached hydrogen (secondary N) is 1. The normalized spacial score (nSPS) is 21.8. The minimum absolute atomic E-state index is 0.00167. The molecule has 2 unspecified atom stereocenters. The standard InChI is InChI=1S/C34H39NO6S/c1-2-40-33(36)32-20-31(32)25-8-10-27(11-9-25)35-21-23-6-7-24-4-3-5-26-19-28(12-13-29(26)30(24)18-23)41-22-34(37)14-16-42(38,39)17-15-34/h6-13,18-19,31-32,35,37H,2-5,14-17,20-22H2,1H3. The summed E-state index contributed by atoms with van der Waals surface area (Å²) in [7, 11) is -3.05. The Bertz CT molecular complexity index is 1550. The van der Waals surface area contributed by atoms with Crippen LogP contribution in [0.25, 0.3) is 11.1 Å². The maximum absolute atomic E-state index is 12.0. The first-order valence-electron chi connectivity index (χ1n) is 15.0. The first kappa shape index (κ1) is 28.7. The highest BCUT2D eigenvalue weighted by atomic mass is 32.2. The van der Waals surface area contributed by atoms with Crippen molar-refractivity contribution in [1.29, 1.82) is 0 Å². The molecule has 222 valence electrons. The third-order valence-corrected chi connectivity index (χ3v) is 10.6. The Balaban J connectivity index is 1.10. The Morgan fingerprint density at radius 2 is 1.74 bits per heavy atom. The second-order valence-electron chi connectivity index (χ2n) is 12.0. The molecule has 0 aromatic heterocycles. The summed E-state index contributed by atoms with van der Waals surface area (Å²) < 4.78 is 34.7. The van der Waals surface area contributed by atoms with E-state index in [4.69, 9.17) is 9.47 Å². The van der Waals surface area contributed by atoms with Gasteiger partial charge in [-0.2, -0.15) is 0 Å². The van der Waals surface area contributed by atoms with Crippen LogP contribution in [0.2, 0.25) is 0 Å². The van der Waals surface area contributed by atoms with Gasteiger partial charge < -0.3 is 19.9 Å². The summed E-state index contributed by atoms with van der Waals surface area (Å²) >= 11 is 0. The van der Waals surface area contributed by atoms with Gasteiger partial charge in [0.05, 0.1) is 24.0 Å². The molecule has 1 heterocycles. The van der Waals surface area contributed by atoms with E-state index in [1.807, 2.05) is 13.0 Å². The van der Waals surface area contributed by atoms with Gasteiger partial charge in [-0.25, -0.2) is 8.42 Å². The number of hydrogen-bond acceptors (Lipinski definition) is 7. The second-order valence-corrected chi connectivity index (χ2v) is 14.3. The molecule has 0 radical (unpaired) electrons. The van der Waals surface area contributed by atoms with Crippen LogP contribution in [-0.4, -0.2) is 49.8 Å². The molecular weight excluding hydrogens is 550 g/mol. The zero-order valence-corrected chi connectivity index (χ0v) is 24.9. The number of rotatable bonds is 9. The first-order chi connectivity index (χ1) is 20.2. The molecule has 1 saturated heterocycles. The van der Waals surface area contributed by atoms with Crippen molar-refractivity contribution in [3.8, 4) is 16.9 Å². The molecule has 6 rings (SSSR count). The lowest BCUT2D eigenvalue weighted by Crippen LogP contribution is -2.43. The maximum Gasteiger partial charge on any atom is 0.309 e. The summed E-state index contributed by atoms with van der Waals surface area (Å²) in [5.74, 6) is 0.904. The summed E-state index contributed by atoms with van der Waals surface area (Å²) in [6.07, 6.45) is 4.30. The van der Waals surface area contributed by atoms with E-state index in [9.17, 15) is 18.3 Å². The van der Waals surface area contributed by atoms with Gasteiger partial charge in [0.15, 0.2) is 9.84 Å². The minimum atomic E-state index is -3.05. The third kappa shape index (κ3) is 6.50. The van der Waals surface area contributed by atoms with Crippen molar-refractivity contribution in [3.05, 3.63) is 82.9 Å². The maximum atomic E-state index is 12.0. The van der Waals surface area contributed by atoms with Crippen molar-refractivity contribution in [2.24, 2.45) is 5.92 Å². The van der Waals surface area contributed by atoms with Gasteiger partial charge >= 0.3 is 5.97 Å². The van der Waals surface area contributed by atoms with E-state index in [1.165, 1.54) is 33.4 Å². The molecule has 42 heavy (non-hydrogen) atoms. The van der Waals surface area contributed by atoms with Gasteiger partial charge in [-0.05, 0) is 115 Å². The number of aliphatic hydroxyl groups is 1. The highest BCUT2D eigenvalue weighted by molar-refractivity contribution is 7.91. The van der Waals surface area contributed by atoms with Crippen molar-refractivity contribution in [1.82, 2.24) is 0 Å². The number of ether oxygens (including phenoxy) is 2. The van der Waals surface area contributed by atoms with E-state index in [0.717, 1.165) is 31.4 Å². The van der Waals surface area contributed by atoms with Gasteiger partial charge in [-0.15, -0.1) is 0 Å². The molecule has 2 N–H and O–H groups in total. The van der Waals surface area contributed by atoms with Crippen molar-refractivity contribution in [3.63, 3.8) is 0 Å². The molecular formula is C34H39NO6S. The van der Waals surface area contributed by atoms with Gasteiger partial charge in [0, 0.05) is 12.2 Å². The minimum Gasteiger partial charge on any atom is -0.491 e. The summed E-state index contributed by atoms with van der Waals surface area (Å²) in [4.78, 5) is 12.0. The fraction of sp³-hybridized carbons (Fsp3) is 0.441. The van der Waals surface area contributed by atoms with Crippen molar-refractivity contribution < 1.29 is 27.8 Å². The van der Waals surface area contributed by atoms with E-state index < -0.39 is 15.4 Å². The number of sulfone groups is 1. The predicted octanol–water partition coefficient (Wildman–Crippen LogP) is 5.44. The molecule has 0 bridgehead atoms. The molecule has 3 aromatic carbocycles. The second kappa shape index (κ2) is 11.7. The highest BCUT2D eigenvalue weighted by Gasteiger charge is 2.45. The van der Waals surface area contributed by atoms with E-state index in [2.05, 4.69) is 59.9 Å². The van der Waals surface area contributed by atoms with Crippen molar-refractivity contribution in [2.45, 2.75) is 63.5 Å². The average molecular weight is 590 g/mol. The number of hydrogen-bond donors (Lipinski definition) is 2. The Kier molecular flexibility index (Phi) is 8.03. The van der Waals surface area contributed by atoms with E-state index >= 15 is 0 Å². The van der Waals surface area contributed by atoms with Crippen LogP contribution in [-0.2, 0) is 38.8 Å². The molecule has 2 atom stereocenters. The number of aryl methyl sites for hydroxylation is 2. The van der Waals surface area contributed by atoms with Crippen LogP contribution in [0.3, 0.4) is 0 Å². The van der Waals surface area contributed by atoms with Crippen molar-refractivity contribution in [2.75, 3.05) is 30.0 Å². The highest BCUT2D eigenvalue weighted by Crippen LogP contribution is 2.48. The van der Waals surface area contributed by atoms with Crippen LogP contribution in [0.4, 0.5) is 5.69 Å². The predicted molar refractivity (Wildman–Crippen MR) is 163 cm³/mol. The number of carbonyl (C=O) groups is 1. The summed E-state index contributed by atoms with van der Waals surface area (Å²) in [6, 6.07) is 21.2. The molecule has 8 heteroatoms. The van der Waals surface area contributed by atoms with Crippen molar-refractivity contribution >= 4 is 21.5 Å². The Hall–Kier alpha value is -3.36. The van der Waals surface area contributed by atoms with Crippen LogP contribution < -0.4 is 10.1 Å². The van der Waals surface area contributed by atoms with Crippen LogP contribution in [0.1, 0.15) is 60.8 Å². The van der Waals surface area contributed by atoms with Crippen LogP contribution in [0.15, 0.2) is 60.7 Å². The van der Waals surface area contributed by atoms with Gasteiger partial charge in [0.1, 0.15) is 18.0 Å². The SMILES string of the molecule is CCOC(=O)C1CC1c1ccc(NCc2ccc3c(c2)-c2ccc(OCC4(O)CCS(=O)(=O)CC4)cc2CCC3)cc1. The van der Waals surface area contributed by atoms with E-state index in [0.29, 0.717) is 18.9 Å². The van der Waals surface area contributed by atoms with Gasteiger partial charge in [-0.3, -0.25) is 4.79 Å². The van der Waals surface area contributed by atoms with Gasteiger partial charge in [-0.1, -0.05) is 30.3 Å². The van der Waals surface area contributed by atoms with E-state index in [1.54, 1.807) is 0 Å². The summed E-state index contributed by atoms with van der Waals surface area (Å²) in [5.41, 5.74) is 7.36. The molecule has 1 aliphatic heterocycles. The van der Waals surface area contributed by atoms with Crippen LogP contribution in [0, 0.1) is 5.92 Å². The van der Waals surface area contributed by atoms with E-state index in [-0.39, 0.29) is 48.8 Å². The zero-order chi connectivity index (χ0) is 29.3. The number of carbonyl (C=O) groups excluding carboxylic acids is 1. The molecule has 3 aromatic rings. The Morgan fingerprint density at radius 3 is 2.50 bits per heavy atom. The number of fused-ring (bicyclic) bond motifs is 3. The third-order valence-electron chi connectivity index (χ3n) is 8.91. The topological polar surface area (TPSA) is 102 Å². The number of benzene rings is 3. The molecule has 7 nitrogen and oxygen atoms in total. The molecule has 3 aliphatic rings. The fourth-order valence-electron chi connectivity index (χ4n) is 6.21. The lowest BCUT2D eigenvalue weighted by Gasteiger charge is -2.31. The number of esters is 1. The van der Waals surface area contributed by atoms with Gasteiger partial charge in [0.2, 0.25) is 0 Å². The largest absolute Gasteiger partial charge is 0.491 e. The monoisotopic (exact) mass is 589 g/mol. The molecule has 2 aliphatic carbocycles. The number of anilines is 1.